The van der Waals surface area contributed by atoms with E-state index in [4.69, 9.17) is 18.6 Å². The Morgan fingerprint density at radius 3 is 2.53 bits per heavy atom. The first-order chi connectivity index (χ1) is 16.5. The van der Waals surface area contributed by atoms with Gasteiger partial charge in [-0.1, -0.05) is 24.3 Å². The van der Waals surface area contributed by atoms with Crippen molar-refractivity contribution in [3.05, 3.63) is 72.3 Å². The number of anilines is 2. The summed E-state index contributed by atoms with van der Waals surface area (Å²) in [5.41, 5.74) is 2.20. The molecule has 0 spiro atoms. The predicted molar refractivity (Wildman–Crippen MR) is 126 cm³/mol. The second-order valence-corrected chi connectivity index (χ2v) is 9.52. The summed E-state index contributed by atoms with van der Waals surface area (Å²) in [5, 5.41) is 2.83. The fourth-order valence-electron chi connectivity index (χ4n) is 3.66. The van der Waals surface area contributed by atoms with E-state index in [-0.39, 0.29) is 21.7 Å². The van der Waals surface area contributed by atoms with Crippen molar-refractivity contribution < 1.29 is 27.0 Å². The zero-order valence-electron chi connectivity index (χ0n) is 18.6. The first-order valence-electron chi connectivity index (χ1n) is 10.6. The number of fused-ring (bicyclic) bond motifs is 1. The number of methoxy groups -OCH3 is 1. The lowest BCUT2D eigenvalue weighted by molar-refractivity contribution is 0.171. The minimum Gasteiger partial charge on any atom is -0.496 e. The van der Waals surface area contributed by atoms with Gasteiger partial charge in [-0.3, -0.25) is 0 Å². The lowest BCUT2D eigenvalue weighted by atomic mass is 10.2. The SMILES string of the molecule is COc1ccccc1-c1nc(S(=O)(=O)c2ccc3c(c2)OCCO3)c(Nc2cccc(C)c2)o1. The highest BCUT2D eigenvalue weighted by Gasteiger charge is 2.31. The number of hydrogen-bond acceptors (Lipinski definition) is 8. The number of nitrogens with zero attached hydrogens (tertiary/aromatic N) is 1. The van der Waals surface area contributed by atoms with Gasteiger partial charge in [-0.25, -0.2) is 8.42 Å². The first-order valence-corrected chi connectivity index (χ1v) is 12.1. The van der Waals surface area contributed by atoms with Crippen LogP contribution in [0.1, 0.15) is 5.56 Å². The zero-order chi connectivity index (χ0) is 23.7. The third-order valence-corrected chi connectivity index (χ3v) is 6.95. The van der Waals surface area contributed by atoms with Gasteiger partial charge in [-0.05, 0) is 48.9 Å². The Kier molecular flexibility index (Phi) is 5.62. The van der Waals surface area contributed by atoms with Crippen LogP contribution in [-0.4, -0.2) is 33.7 Å². The van der Waals surface area contributed by atoms with Gasteiger partial charge in [-0.2, -0.15) is 4.98 Å². The molecule has 1 aliphatic heterocycles. The third kappa shape index (κ3) is 4.06. The summed E-state index contributed by atoms with van der Waals surface area (Å²) in [6, 6.07) is 19.1. The Morgan fingerprint density at radius 2 is 1.74 bits per heavy atom. The highest BCUT2D eigenvalue weighted by molar-refractivity contribution is 7.91. The van der Waals surface area contributed by atoms with Crippen molar-refractivity contribution in [3.8, 4) is 28.7 Å². The average molecular weight is 479 g/mol. The molecule has 0 unspecified atom stereocenters. The molecule has 8 nitrogen and oxygen atoms in total. The van der Waals surface area contributed by atoms with Crippen molar-refractivity contribution >= 4 is 21.4 Å². The van der Waals surface area contributed by atoms with Gasteiger partial charge in [0.15, 0.2) is 11.5 Å². The number of ether oxygens (including phenoxy) is 3. The van der Waals surface area contributed by atoms with Gasteiger partial charge < -0.3 is 23.9 Å². The standard InChI is InChI=1S/C25H22N2O6S/c1-16-6-5-7-17(14-16)26-24-25(27-23(33-24)19-8-3-4-9-20(19)30-2)34(28,29)18-10-11-21-22(15-18)32-13-12-31-21/h3-11,14-15,26H,12-13H2,1-2H3. The third-order valence-electron chi connectivity index (χ3n) is 5.29. The summed E-state index contributed by atoms with van der Waals surface area (Å²) in [7, 11) is -2.56. The summed E-state index contributed by atoms with van der Waals surface area (Å²) < 4.78 is 49.9. The van der Waals surface area contributed by atoms with E-state index in [1.54, 1.807) is 24.3 Å². The number of aryl methyl sites for hydroxylation is 1. The van der Waals surface area contributed by atoms with Gasteiger partial charge >= 0.3 is 0 Å². The van der Waals surface area contributed by atoms with E-state index in [1.165, 1.54) is 19.2 Å². The van der Waals surface area contributed by atoms with Crippen LogP contribution >= 0.6 is 0 Å². The van der Waals surface area contributed by atoms with Gasteiger partial charge in [-0.15, -0.1) is 0 Å². The minimum absolute atomic E-state index is 0.00129. The minimum atomic E-state index is -4.08. The quantitative estimate of drug-likeness (QED) is 0.413. The van der Waals surface area contributed by atoms with Crippen LogP contribution in [0, 0.1) is 6.92 Å². The normalized spacial score (nSPS) is 12.9. The zero-order valence-corrected chi connectivity index (χ0v) is 19.4. The lowest BCUT2D eigenvalue weighted by Gasteiger charge is -2.18. The van der Waals surface area contributed by atoms with Crippen molar-refractivity contribution in [1.29, 1.82) is 0 Å². The molecule has 1 aliphatic rings. The molecule has 3 aromatic carbocycles. The summed E-state index contributed by atoms with van der Waals surface area (Å²) in [6.07, 6.45) is 0. The second kappa shape index (κ2) is 8.75. The van der Waals surface area contributed by atoms with Crippen LogP contribution in [0.2, 0.25) is 0 Å². The van der Waals surface area contributed by atoms with Crippen molar-refractivity contribution in [2.75, 3.05) is 25.6 Å². The molecular formula is C25H22N2O6S. The maximum atomic E-state index is 13.7. The van der Waals surface area contributed by atoms with Gasteiger partial charge in [0, 0.05) is 11.8 Å². The number of nitrogens with one attached hydrogen (secondary N) is 1. The molecule has 1 N–H and O–H groups in total. The van der Waals surface area contributed by atoms with Crippen molar-refractivity contribution in [2.24, 2.45) is 0 Å². The predicted octanol–water partition coefficient (Wildman–Crippen LogP) is 5.01. The van der Waals surface area contributed by atoms with Gasteiger partial charge in [0.2, 0.25) is 26.6 Å². The van der Waals surface area contributed by atoms with Crippen LogP contribution in [0.4, 0.5) is 11.6 Å². The molecule has 34 heavy (non-hydrogen) atoms. The van der Waals surface area contributed by atoms with E-state index in [0.717, 1.165) is 5.56 Å². The first kappa shape index (κ1) is 21.8. The molecule has 0 atom stereocenters. The Hall–Kier alpha value is -3.98. The molecule has 174 valence electrons. The fraction of sp³-hybridized carbons (Fsp3) is 0.160. The number of rotatable bonds is 6. The molecule has 4 aromatic rings. The number of benzene rings is 3. The van der Waals surface area contributed by atoms with Crippen LogP contribution < -0.4 is 19.5 Å². The molecule has 9 heteroatoms. The van der Waals surface area contributed by atoms with Gasteiger partial charge in [0.1, 0.15) is 19.0 Å². The average Bonchev–Trinajstić information content (AvgIpc) is 3.28. The maximum Gasteiger partial charge on any atom is 0.238 e. The topological polar surface area (TPSA) is 99.9 Å². The molecule has 0 aliphatic carbocycles. The molecule has 0 radical (unpaired) electrons. The summed E-state index contributed by atoms with van der Waals surface area (Å²) in [5.74, 6) is 1.49. The van der Waals surface area contributed by atoms with E-state index in [2.05, 4.69) is 10.3 Å². The molecule has 0 amide bonds. The number of para-hydroxylation sites is 1. The van der Waals surface area contributed by atoms with Gasteiger partial charge in [0.05, 0.1) is 17.6 Å². The summed E-state index contributed by atoms with van der Waals surface area (Å²) >= 11 is 0. The summed E-state index contributed by atoms with van der Waals surface area (Å²) in [6.45, 7) is 2.70. The number of hydrogen-bond donors (Lipinski definition) is 1. The number of sulfone groups is 1. The fourth-order valence-corrected chi connectivity index (χ4v) is 4.93. The monoisotopic (exact) mass is 478 g/mol. The Bertz CT molecular complexity index is 1460. The smallest absolute Gasteiger partial charge is 0.238 e. The van der Waals surface area contributed by atoms with Gasteiger partial charge in [0.25, 0.3) is 0 Å². The van der Waals surface area contributed by atoms with Crippen LogP contribution in [0.3, 0.4) is 0 Å². The van der Waals surface area contributed by atoms with Crippen LogP contribution in [0.5, 0.6) is 17.2 Å². The van der Waals surface area contributed by atoms with E-state index in [0.29, 0.717) is 41.7 Å². The van der Waals surface area contributed by atoms with Crippen LogP contribution in [-0.2, 0) is 9.84 Å². The Morgan fingerprint density at radius 1 is 0.941 bits per heavy atom. The molecule has 1 aromatic heterocycles. The lowest BCUT2D eigenvalue weighted by Crippen LogP contribution is -2.16. The molecule has 2 heterocycles. The Labute approximate surface area is 197 Å². The van der Waals surface area contributed by atoms with Crippen molar-refractivity contribution in [1.82, 2.24) is 4.98 Å². The highest BCUT2D eigenvalue weighted by Crippen LogP contribution is 2.39. The number of aromatic nitrogens is 1. The molecular weight excluding hydrogens is 456 g/mol. The molecule has 0 fully saturated rings. The van der Waals surface area contributed by atoms with Crippen molar-refractivity contribution in [3.63, 3.8) is 0 Å². The van der Waals surface area contributed by atoms with E-state index in [1.807, 2.05) is 37.3 Å². The molecule has 0 saturated heterocycles. The van der Waals surface area contributed by atoms with Crippen molar-refractivity contribution in [2.45, 2.75) is 16.8 Å². The van der Waals surface area contributed by atoms with E-state index >= 15 is 0 Å². The van der Waals surface area contributed by atoms with E-state index in [9.17, 15) is 8.42 Å². The van der Waals surface area contributed by atoms with E-state index < -0.39 is 9.84 Å². The highest BCUT2D eigenvalue weighted by atomic mass is 32.2. The Balaban J connectivity index is 1.64. The molecule has 0 bridgehead atoms. The molecule has 5 rings (SSSR count). The maximum absolute atomic E-state index is 13.7. The molecule has 0 saturated carbocycles. The van der Waals surface area contributed by atoms with Crippen LogP contribution in [0.25, 0.3) is 11.5 Å². The second-order valence-electron chi connectivity index (χ2n) is 7.66. The largest absolute Gasteiger partial charge is 0.496 e. The summed E-state index contributed by atoms with van der Waals surface area (Å²) in [4.78, 5) is 4.42. The van der Waals surface area contributed by atoms with Crippen LogP contribution in [0.15, 0.2) is 81.1 Å². The number of oxazole rings is 1.